The van der Waals surface area contributed by atoms with E-state index in [0.717, 1.165) is 23.7 Å². The quantitative estimate of drug-likeness (QED) is 0.921. The summed E-state index contributed by atoms with van der Waals surface area (Å²) in [4.78, 5) is 14.0. The highest BCUT2D eigenvalue weighted by molar-refractivity contribution is 9.10. The van der Waals surface area contributed by atoms with Crippen LogP contribution in [-0.2, 0) is 4.79 Å². The molecule has 0 heterocycles. The van der Waals surface area contributed by atoms with Crippen molar-refractivity contribution in [2.24, 2.45) is 5.41 Å². The maximum Gasteiger partial charge on any atom is 0.234 e. The number of carbonyl (C=O) groups is 1. The molecule has 1 aromatic rings. The Labute approximate surface area is 121 Å². The highest BCUT2D eigenvalue weighted by Gasteiger charge is 2.45. The summed E-state index contributed by atoms with van der Waals surface area (Å²) in [5, 5.41) is 3.07. The van der Waals surface area contributed by atoms with Crippen LogP contribution in [0.5, 0.6) is 0 Å². The van der Waals surface area contributed by atoms with Crippen molar-refractivity contribution in [3.8, 4) is 0 Å². The highest BCUT2D eigenvalue weighted by atomic mass is 79.9. The second kappa shape index (κ2) is 5.59. The smallest absolute Gasteiger partial charge is 0.234 e. The molecule has 1 N–H and O–H groups in total. The largest absolute Gasteiger partial charge is 0.319 e. The molecule has 5 heteroatoms. The monoisotopic (exact) mass is 328 g/mol. The summed E-state index contributed by atoms with van der Waals surface area (Å²) in [5.41, 5.74) is -0.0418. The minimum absolute atomic E-state index is 0.00917. The van der Waals surface area contributed by atoms with Gasteiger partial charge in [0.25, 0.3) is 0 Å². The van der Waals surface area contributed by atoms with Gasteiger partial charge in [-0.15, -0.1) is 0 Å². The molecule has 2 rings (SSSR count). The van der Waals surface area contributed by atoms with Gasteiger partial charge < -0.3 is 10.2 Å². The molecule has 1 fully saturated rings. The molecule has 3 nitrogen and oxygen atoms in total. The van der Waals surface area contributed by atoms with Crippen LogP contribution in [0.3, 0.4) is 0 Å². The molecule has 0 bridgehead atoms. The fourth-order valence-corrected chi connectivity index (χ4v) is 2.97. The van der Waals surface area contributed by atoms with Gasteiger partial charge in [0, 0.05) is 18.1 Å². The number of nitrogens with zero attached hydrogens (tertiary/aromatic N) is 1. The number of rotatable bonds is 4. The molecule has 1 saturated carbocycles. The Kier molecular flexibility index (Phi) is 4.26. The van der Waals surface area contributed by atoms with Crippen LogP contribution in [0.4, 0.5) is 10.1 Å². The van der Waals surface area contributed by atoms with E-state index in [-0.39, 0.29) is 17.1 Å². The van der Waals surface area contributed by atoms with Gasteiger partial charge in [-0.1, -0.05) is 22.4 Å². The van der Waals surface area contributed by atoms with Gasteiger partial charge in [-0.05, 0) is 38.1 Å². The fraction of sp³-hybridized carbons (Fsp3) is 0.500. The average Bonchev–Trinajstić information content (AvgIpc) is 2.35. The topological polar surface area (TPSA) is 32.3 Å². The minimum atomic E-state index is -0.377. The van der Waals surface area contributed by atoms with Crippen LogP contribution in [0, 0.1) is 11.2 Å². The number of amides is 1. The number of hydrogen-bond donors (Lipinski definition) is 1. The molecule has 0 atom stereocenters. The van der Waals surface area contributed by atoms with Crippen molar-refractivity contribution in [3.63, 3.8) is 0 Å². The Hall–Kier alpha value is -0.940. The molecule has 0 aromatic heterocycles. The van der Waals surface area contributed by atoms with Gasteiger partial charge in [0.05, 0.1) is 11.1 Å². The van der Waals surface area contributed by atoms with E-state index in [1.807, 2.05) is 7.05 Å². The Morgan fingerprint density at radius 2 is 2.21 bits per heavy atom. The third kappa shape index (κ3) is 2.67. The molecule has 0 radical (unpaired) electrons. The zero-order valence-electron chi connectivity index (χ0n) is 11.2. The van der Waals surface area contributed by atoms with E-state index in [0.29, 0.717) is 12.2 Å². The van der Waals surface area contributed by atoms with Crippen molar-refractivity contribution in [2.75, 3.05) is 25.5 Å². The summed E-state index contributed by atoms with van der Waals surface area (Å²) in [6, 6.07) is 4.64. The molecule has 19 heavy (non-hydrogen) atoms. The van der Waals surface area contributed by atoms with Gasteiger partial charge >= 0.3 is 0 Å². The summed E-state index contributed by atoms with van der Waals surface area (Å²) in [5.74, 6) is -0.386. The van der Waals surface area contributed by atoms with Gasteiger partial charge in [0.1, 0.15) is 5.82 Å². The Balaban J connectivity index is 2.25. The van der Waals surface area contributed by atoms with E-state index in [9.17, 15) is 9.18 Å². The lowest BCUT2D eigenvalue weighted by molar-refractivity contribution is -0.132. The van der Waals surface area contributed by atoms with Crippen molar-refractivity contribution in [1.29, 1.82) is 0 Å². The third-order valence-corrected chi connectivity index (χ3v) is 4.35. The van der Waals surface area contributed by atoms with E-state index in [1.54, 1.807) is 19.2 Å². The molecule has 1 aliphatic carbocycles. The molecular weight excluding hydrogens is 311 g/mol. The number of halogens is 2. The van der Waals surface area contributed by atoms with E-state index in [1.165, 1.54) is 11.0 Å². The molecule has 0 aliphatic heterocycles. The molecule has 0 unspecified atom stereocenters. The van der Waals surface area contributed by atoms with Crippen LogP contribution in [0.25, 0.3) is 0 Å². The molecule has 104 valence electrons. The maximum absolute atomic E-state index is 13.8. The van der Waals surface area contributed by atoms with Crippen LogP contribution in [0.2, 0.25) is 0 Å². The fourth-order valence-electron chi connectivity index (χ4n) is 2.62. The van der Waals surface area contributed by atoms with Crippen LogP contribution >= 0.6 is 15.9 Å². The number of anilines is 1. The van der Waals surface area contributed by atoms with E-state index in [2.05, 4.69) is 21.2 Å². The Morgan fingerprint density at radius 3 is 2.74 bits per heavy atom. The van der Waals surface area contributed by atoms with Gasteiger partial charge in [-0.2, -0.15) is 0 Å². The molecule has 1 amide bonds. The minimum Gasteiger partial charge on any atom is -0.319 e. The van der Waals surface area contributed by atoms with Crippen LogP contribution < -0.4 is 10.2 Å². The number of hydrogen-bond acceptors (Lipinski definition) is 2. The number of carbonyl (C=O) groups excluding carboxylic acids is 1. The van der Waals surface area contributed by atoms with Gasteiger partial charge in [-0.3, -0.25) is 4.79 Å². The van der Waals surface area contributed by atoms with Gasteiger partial charge in [0.2, 0.25) is 5.91 Å². The molecule has 1 aromatic carbocycles. The molecular formula is C14H18BrFN2O. The van der Waals surface area contributed by atoms with Gasteiger partial charge in [0.15, 0.2) is 0 Å². The lowest BCUT2D eigenvalue weighted by Crippen LogP contribution is -2.51. The summed E-state index contributed by atoms with van der Waals surface area (Å²) >= 11 is 3.31. The molecule has 1 aliphatic rings. The standard InChI is InChI=1S/C14H18BrFN2O/c1-17-9-14(6-3-7-14)13(19)18(2)12-8-10(15)4-5-11(12)16/h4-5,8,17H,3,6-7,9H2,1-2H3. The predicted molar refractivity (Wildman–Crippen MR) is 77.7 cm³/mol. The average molecular weight is 329 g/mol. The van der Waals surface area contributed by atoms with E-state index in [4.69, 9.17) is 0 Å². The van der Waals surface area contributed by atoms with Crippen molar-refractivity contribution in [2.45, 2.75) is 19.3 Å². The van der Waals surface area contributed by atoms with Crippen molar-refractivity contribution in [3.05, 3.63) is 28.5 Å². The summed E-state index contributed by atoms with van der Waals surface area (Å²) < 4.78 is 14.6. The first-order chi connectivity index (χ1) is 9.00. The predicted octanol–water partition coefficient (Wildman–Crippen LogP) is 2.94. The van der Waals surface area contributed by atoms with Crippen LogP contribution in [-0.4, -0.2) is 26.5 Å². The SMILES string of the molecule is CNCC1(C(=O)N(C)c2cc(Br)ccc2F)CCC1. The Bertz CT molecular complexity index is 488. The molecule has 0 spiro atoms. The first kappa shape index (κ1) is 14.5. The summed E-state index contributed by atoms with van der Waals surface area (Å²) in [6.07, 6.45) is 2.79. The summed E-state index contributed by atoms with van der Waals surface area (Å²) in [6.45, 7) is 0.645. The second-order valence-corrected chi connectivity index (χ2v) is 6.04. The highest BCUT2D eigenvalue weighted by Crippen LogP contribution is 2.42. The second-order valence-electron chi connectivity index (χ2n) is 5.12. The normalized spacial score (nSPS) is 16.8. The lowest BCUT2D eigenvalue weighted by atomic mass is 9.67. The van der Waals surface area contributed by atoms with E-state index < -0.39 is 0 Å². The maximum atomic E-state index is 13.8. The van der Waals surface area contributed by atoms with Crippen LogP contribution in [0.1, 0.15) is 19.3 Å². The van der Waals surface area contributed by atoms with E-state index >= 15 is 0 Å². The Morgan fingerprint density at radius 1 is 1.53 bits per heavy atom. The third-order valence-electron chi connectivity index (χ3n) is 3.85. The first-order valence-electron chi connectivity index (χ1n) is 6.38. The van der Waals surface area contributed by atoms with Crippen LogP contribution in [0.15, 0.2) is 22.7 Å². The summed E-state index contributed by atoms with van der Waals surface area (Å²) in [7, 11) is 3.48. The van der Waals surface area contributed by atoms with Crippen molar-refractivity contribution >= 4 is 27.5 Å². The number of benzene rings is 1. The number of nitrogens with one attached hydrogen (secondary N) is 1. The zero-order valence-corrected chi connectivity index (χ0v) is 12.8. The molecule has 0 saturated heterocycles. The zero-order chi connectivity index (χ0) is 14.0. The first-order valence-corrected chi connectivity index (χ1v) is 7.17. The van der Waals surface area contributed by atoms with Gasteiger partial charge in [-0.25, -0.2) is 4.39 Å². The van der Waals surface area contributed by atoms with Crippen molar-refractivity contribution < 1.29 is 9.18 Å². The van der Waals surface area contributed by atoms with Crippen molar-refractivity contribution in [1.82, 2.24) is 5.32 Å². The lowest BCUT2D eigenvalue weighted by Gasteiger charge is -2.42.